The molecule has 2 unspecified atom stereocenters. The summed E-state index contributed by atoms with van der Waals surface area (Å²) in [5.74, 6) is 3.78. The molecular weight excluding hydrogens is 160 g/mol. The summed E-state index contributed by atoms with van der Waals surface area (Å²) in [6, 6.07) is 0. The van der Waals surface area contributed by atoms with E-state index < -0.39 is 0 Å². The minimum atomic E-state index is 0.822. The molecule has 3 aliphatic rings. The van der Waals surface area contributed by atoms with Gasteiger partial charge in [0.15, 0.2) is 0 Å². The lowest BCUT2D eigenvalue weighted by Gasteiger charge is -2.17. The lowest BCUT2D eigenvalue weighted by atomic mass is 9.86. The number of nitrogens with two attached hydrogens (primary N) is 1. The summed E-state index contributed by atoms with van der Waals surface area (Å²) in [5.41, 5.74) is 5.59. The van der Waals surface area contributed by atoms with E-state index in [0.717, 1.165) is 36.8 Å². The van der Waals surface area contributed by atoms with Gasteiger partial charge in [0.25, 0.3) is 0 Å². The Morgan fingerprint density at radius 2 is 1.77 bits per heavy atom. The van der Waals surface area contributed by atoms with Crippen LogP contribution in [0.15, 0.2) is 12.2 Å². The van der Waals surface area contributed by atoms with Gasteiger partial charge in [0, 0.05) is 26.2 Å². The van der Waals surface area contributed by atoms with Gasteiger partial charge in [-0.3, -0.25) is 0 Å². The Hall–Kier alpha value is -0.340. The fourth-order valence-corrected chi connectivity index (χ4v) is 3.60. The first-order chi connectivity index (χ1) is 6.38. The van der Waals surface area contributed by atoms with Gasteiger partial charge in [0.2, 0.25) is 0 Å². The van der Waals surface area contributed by atoms with Crippen molar-refractivity contribution in [1.82, 2.24) is 4.90 Å². The Labute approximate surface area is 79.8 Å². The molecule has 13 heavy (non-hydrogen) atoms. The van der Waals surface area contributed by atoms with Crippen molar-refractivity contribution < 1.29 is 0 Å². The van der Waals surface area contributed by atoms with Crippen molar-refractivity contribution in [2.45, 2.75) is 6.42 Å². The molecule has 0 aromatic rings. The predicted molar refractivity (Wildman–Crippen MR) is 53.2 cm³/mol. The van der Waals surface area contributed by atoms with Crippen LogP contribution < -0.4 is 5.73 Å². The Balaban J connectivity index is 1.72. The monoisotopic (exact) mass is 178 g/mol. The highest BCUT2D eigenvalue weighted by Crippen LogP contribution is 2.51. The molecule has 2 bridgehead atoms. The summed E-state index contributed by atoms with van der Waals surface area (Å²) in [6.45, 7) is 4.55. The Morgan fingerprint density at radius 1 is 1.15 bits per heavy atom. The number of likely N-dealkylation sites (tertiary alicyclic amines) is 1. The van der Waals surface area contributed by atoms with E-state index >= 15 is 0 Å². The van der Waals surface area contributed by atoms with E-state index in [1.165, 1.54) is 19.5 Å². The first-order valence-electron chi connectivity index (χ1n) is 5.49. The van der Waals surface area contributed by atoms with Gasteiger partial charge in [-0.15, -0.1) is 0 Å². The molecule has 0 aromatic heterocycles. The summed E-state index contributed by atoms with van der Waals surface area (Å²) >= 11 is 0. The molecule has 1 aliphatic heterocycles. The quantitative estimate of drug-likeness (QED) is 0.631. The molecular formula is C11H18N2. The largest absolute Gasteiger partial charge is 0.329 e. The number of hydrogen-bond acceptors (Lipinski definition) is 2. The van der Waals surface area contributed by atoms with E-state index in [1.807, 2.05) is 0 Å². The fraction of sp³-hybridized carbons (Fsp3) is 0.818. The molecule has 0 spiro atoms. The highest BCUT2D eigenvalue weighted by Gasteiger charge is 2.48. The predicted octanol–water partition coefficient (Wildman–Crippen LogP) is 0.699. The molecule has 1 heterocycles. The van der Waals surface area contributed by atoms with Crippen molar-refractivity contribution in [3.63, 3.8) is 0 Å². The third-order valence-corrected chi connectivity index (χ3v) is 4.18. The van der Waals surface area contributed by atoms with Crippen LogP contribution in [0.4, 0.5) is 0 Å². The maximum Gasteiger partial charge on any atom is 0.0105 e. The Bertz CT molecular complexity index is 216. The topological polar surface area (TPSA) is 29.3 Å². The molecule has 0 radical (unpaired) electrons. The van der Waals surface area contributed by atoms with Crippen LogP contribution in [0.2, 0.25) is 0 Å². The summed E-state index contributed by atoms with van der Waals surface area (Å²) in [5, 5.41) is 0. The molecule has 4 atom stereocenters. The van der Waals surface area contributed by atoms with Crippen molar-refractivity contribution >= 4 is 0 Å². The third kappa shape index (κ3) is 1.09. The van der Waals surface area contributed by atoms with Crippen LogP contribution in [0.25, 0.3) is 0 Å². The van der Waals surface area contributed by atoms with Crippen LogP contribution in [0.5, 0.6) is 0 Å². The van der Waals surface area contributed by atoms with E-state index in [1.54, 1.807) is 0 Å². The second-order valence-corrected chi connectivity index (χ2v) is 4.82. The van der Waals surface area contributed by atoms with Gasteiger partial charge in [-0.1, -0.05) is 12.2 Å². The minimum Gasteiger partial charge on any atom is -0.329 e. The standard InChI is InChI=1S/C11H18N2/c12-3-4-13-6-10-8-1-2-9(5-8)11(10)7-13/h1-2,8-11H,3-7,12H2/t8?,9?,10-,11+. The van der Waals surface area contributed by atoms with Crippen LogP contribution in [-0.2, 0) is 0 Å². The van der Waals surface area contributed by atoms with Gasteiger partial charge in [-0.05, 0) is 30.1 Å². The lowest BCUT2D eigenvalue weighted by molar-refractivity contribution is 0.306. The smallest absolute Gasteiger partial charge is 0.0105 e. The molecule has 2 heteroatoms. The SMILES string of the molecule is NCCN1C[C@@H]2C3C=CC(C3)[C@@H]2C1. The maximum absolute atomic E-state index is 5.59. The summed E-state index contributed by atoms with van der Waals surface area (Å²) in [4.78, 5) is 2.56. The molecule has 0 amide bonds. The van der Waals surface area contributed by atoms with Gasteiger partial charge in [0.1, 0.15) is 0 Å². The van der Waals surface area contributed by atoms with E-state index in [-0.39, 0.29) is 0 Å². The zero-order valence-electron chi connectivity index (χ0n) is 8.02. The van der Waals surface area contributed by atoms with Gasteiger partial charge < -0.3 is 10.6 Å². The van der Waals surface area contributed by atoms with E-state index in [4.69, 9.17) is 5.73 Å². The summed E-state index contributed by atoms with van der Waals surface area (Å²) in [6.07, 6.45) is 6.36. The number of nitrogens with zero attached hydrogens (tertiary/aromatic N) is 1. The fourth-order valence-electron chi connectivity index (χ4n) is 3.60. The van der Waals surface area contributed by atoms with Gasteiger partial charge in [0.05, 0.1) is 0 Å². The zero-order chi connectivity index (χ0) is 8.84. The van der Waals surface area contributed by atoms with Crippen molar-refractivity contribution in [3.05, 3.63) is 12.2 Å². The second kappa shape index (κ2) is 2.82. The van der Waals surface area contributed by atoms with Gasteiger partial charge >= 0.3 is 0 Å². The third-order valence-electron chi connectivity index (χ3n) is 4.18. The molecule has 72 valence electrons. The molecule has 1 saturated heterocycles. The van der Waals surface area contributed by atoms with E-state index in [9.17, 15) is 0 Å². The number of rotatable bonds is 2. The highest BCUT2D eigenvalue weighted by molar-refractivity contribution is 5.16. The van der Waals surface area contributed by atoms with E-state index in [0.29, 0.717) is 0 Å². The zero-order valence-corrected chi connectivity index (χ0v) is 8.02. The maximum atomic E-state index is 5.59. The van der Waals surface area contributed by atoms with E-state index in [2.05, 4.69) is 17.1 Å². The number of fused-ring (bicyclic) bond motifs is 5. The van der Waals surface area contributed by atoms with Crippen LogP contribution in [0.3, 0.4) is 0 Å². The first kappa shape index (κ1) is 8.01. The van der Waals surface area contributed by atoms with Gasteiger partial charge in [-0.2, -0.15) is 0 Å². The van der Waals surface area contributed by atoms with Crippen LogP contribution in [-0.4, -0.2) is 31.1 Å². The molecule has 3 rings (SSSR count). The van der Waals surface area contributed by atoms with Crippen molar-refractivity contribution in [2.75, 3.05) is 26.2 Å². The van der Waals surface area contributed by atoms with Crippen molar-refractivity contribution in [2.24, 2.45) is 29.4 Å². The van der Waals surface area contributed by atoms with Gasteiger partial charge in [-0.25, -0.2) is 0 Å². The lowest BCUT2D eigenvalue weighted by Crippen LogP contribution is -2.28. The molecule has 2 fully saturated rings. The normalized spacial score (nSPS) is 47.5. The Kier molecular flexibility index (Phi) is 1.74. The molecule has 2 N–H and O–H groups in total. The first-order valence-corrected chi connectivity index (χ1v) is 5.49. The highest BCUT2D eigenvalue weighted by atomic mass is 15.2. The molecule has 0 aromatic carbocycles. The Morgan fingerprint density at radius 3 is 2.31 bits per heavy atom. The average Bonchev–Trinajstić information content (AvgIpc) is 2.72. The summed E-state index contributed by atoms with van der Waals surface area (Å²) < 4.78 is 0. The van der Waals surface area contributed by atoms with Crippen molar-refractivity contribution in [3.8, 4) is 0 Å². The molecule has 1 saturated carbocycles. The summed E-state index contributed by atoms with van der Waals surface area (Å²) in [7, 11) is 0. The second-order valence-electron chi connectivity index (χ2n) is 4.82. The molecule has 2 nitrogen and oxygen atoms in total. The minimum absolute atomic E-state index is 0.822. The average molecular weight is 178 g/mol. The van der Waals surface area contributed by atoms with Crippen LogP contribution >= 0.6 is 0 Å². The molecule has 2 aliphatic carbocycles. The van der Waals surface area contributed by atoms with Crippen LogP contribution in [0.1, 0.15) is 6.42 Å². The number of hydrogen-bond donors (Lipinski definition) is 1. The van der Waals surface area contributed by atoms with Crippen molar-refractivity contribution in [1.29, 1.82) is 0 Å². The number of allylic oxidation sites excluding steroid dienone is 2. The van der Waals surface area contributed by atoms with Crippen LogP contribution in [0, 0.1) is 23.7 Å².